The topological polar surface area (TPSA) is 86.8 Å². The molecule has 0 bridgehead atoms. The van der Waals surface area contributed by atoms with Crippen LogP contribution in [0.5, 0.6) is 0 Å². The molecule has 0 radical (unpaired) electrons. The molecular weight excluding hydrogens is 200 g/mol. The number of hydrogen-bond donors (Lipinski definition) is 2. The Morgan fingerprint density at radius 1 is 1.53 bits per heavy atom. The van der Waals surface area contributed by atoms with Gasteiger partial charge in [-0.1, -0.05) is 0 Å². The van der Waals surface area contributed by atoms with E-state index in [1.165, 1.54) is 13.8 Å². The molecule has 0 rings (SSSR count). The second kappa shape index (κ2) is 5.99. The Bertz CT molecular complexity index is 208. The molecule has 0 fully saturated rings. The number of aliphatic hydroxyl groups is 2. The minimum atomic E-state index is -1.11. The lowest BCUT2D eigenvalue weighted by Gasteiger charge is -2.23. The molecule has 15 heavy (non-hydrogen) atoms. The summed E-state index contributed by atoms with van der Waals surface area (Å²) in [5.74, 6) is 0. The van der Waals surface area contributed by atoms with Crippen molar-refractivity contribution in [1.29, 1.82) is 0 Å². The van der Waals surface area contributed by atoms with Crippen LogP contribution in [0.4, 0.5) is 0 Å². The molecule has 6 nitrogen and oxygen atoms in total. The normalized spacial score (nSPS) is 14.3. The number of likely N-dealkylation sites (N-methyl/N-ethyl adjacent to an activating group) is 1. The zero-order chi connectivity index (χ0) is 12.1. The molecule has 0 saturated carbocycles. The highest BCUT2D eigenvalue weighted by molar-refractivity contribution is 4.74. The van der Waals surface area contributed by atoms with Gasteiger partial charge in [-0.15, -0.1) is 0 Å². The van der Waals surface area contributed by atoms with Gasteiger partial charge in [-0.2, -0.15) is 0 Å². The van der Waals surface area contributed by atoms with E-state index in [0.29, 0.717) is 13.1 Å². The second-order valence-electron chi connectivity index (χ2n) is 4.41. The van der Waals surface area contributed by atoms with Crippen LogP contribution in [0.15, 0.2) is 0 Å². The van der Waals surface area contributed by atoms with E-state index in [1.54, 1.807) is 11.9 Å². The maximum absolute atomic E-state index is 10.6. The monoisotopic (exact) mass is 220 g/mol. The summed E-state index contributed by atoms with van der Waals surface area (Å²) in [6.45, 7) is 3.78. The van der Waals surface area contributed by atoms with E-state index in [9.17, 15) is 15.2 Å². The van der Waals surface area contributed by atoms with Gasteiger partial charge in [0.2, 0.25) is 5.54 Å². The summed E-state index contributed by atoms with van der Waals surface area (Å²) in [7, 11) is 1.75. The first kappa shape index (κ1) is 14.3. The Morgan fingerprint density at radius 3 is 2.47 bits per heavy atom. The van der Waals surface area contributed by atoms with E-state index in [0.717, 1.165) is 0 Å². The minimum Gasteiger partial charge on any atom is -0.395 e. The fourth-order valence-corrected chi connectivity index (χ4v) is 1.34. The number of hydrogen-bond acceptors (Lipinski definition) is 5. The van der Waals surface area contributed by atoms with Gasteiger partial charge >= 0.3 is 0 Å². The molecule has 90 valence electrons. The molecular formula is C9H20N2O4. The summed E-state index contributed by atoms with van der Waals surface area (Å²) >= 11 is 0. The first-order chi connectivity index (χ1) is 6.79. The molecule has 0 aliphatic rings. The Labute approximate surface area is 89.7 Å². The van der Waals surface area contributed by atoms with E-state index < -0.39 is 11.6 Å². The summed E-state index contributed by atoms with van der Waals surface area (Å²) in [4.78, 5) is 12.0. The van der Waals surface area contributed by atoms with Gasteiger partial charge in [-0.25, -0.2) is 0 Å². The van der Waals surface area contributed by atoms with Gasteiger partial charge in [0.25, 0.3) is 0 Å². The summed E-state index contributed by atoms with van der Waals surface area (Å²) < 4.78 is 0. The molecule has 6 heteroatoms. The number of rotatable bonds is 7. The lowest BCUT2D eigenvalue weighted by molar-refractivity contribution is -0.563. The largest absolute Gasteiger partial charge is 0.395 e. The van der Waals surface area contributed by atoms with Crippen molar-refractivity contribution in [1.82, 2.24) is 4.90 Å². The zero-order valence-corrected chi connectivity index (χ0v) is 9.51. The van der Waals surface area contributed by atoms with Crippen molar-refractivity contribution >= 4 is 0 Å². The van der Waals surface area contributed by atoms with Crippen molar-refractivity contribution in [2.75, 3.05) is 26.7 Å². The summed E-state index contributed by atoms with van der Waals surface area (Å²) in [6.07, 6.45) is -0.641. The second-order valence-corrected chi connectivity index (χ2v) is 4.41. The summed E-state index contributed by atoms with van der Waals surface area (Å²) in [5, 5.41) is 28.9. The predicted octanol–water partition coefficient (Wildman–Crippen LogP) is -0.283. The van der Waals surface area contributed by atoms with E-state index in [1.807, 2.05) is 0 Å². The lowest BCUT2D eigenvalue weighted by atomic mass is 9.97. The van der Waals surface area contributed by atoms with Crippen LogP contribution < -0.4 is 0 Å². The SMILES string of the molecule is CN(CCO)CC(O)CC(C)(C)[N+](=O)[O-]. The average molecular weight is 220 g/mol. The van der Waals surface area contributed by atoms with Gasteiger partial charge in [0.05, 0.1) is 12.7 Å². The average Bonchev–Trinajstić information content (AvgIpc) is 2.02. The molecule has 1 atom stereocenters. The summed E-state index contributed by atoms with van der Waals surface area (Å²) in [5.41, 5.74) is -1.11. The van der Waals surface area contributed by atoms with Crippen molar-refractivity contribution in [3.8, 4) is 0 Å². The van der Waals surface area contributed by atoms with Gasteiger partial charge in [0.1, 0.15) is 0 Å². The van der Waals surface area contributed by atoms with Crippen LogP contribution in [-0.2, 0) is 0 Å². The van der Waals surface area contributed by atoms with Crippen LogP contribution in [0.3, 0.4) is 0 Å². The third-order valence-corrected chi connectivity index (χ3v) is 2.23. The highest BCUT2D eigenvalue weighted by Gasteiger charge is 2.33. The molecule has 0 amide bonds. The predicted molar refractivity (Wildman–Crippen MR) is 56.3 cm³/mol. The number of aliphatic hydroxyl groups excluding tert-OH is 2. The van der Waals surface area contributed by atoms with E-state index >= 15 is 0 Å². The number of nitro groups is 1. The maximum Gasteiger partial charge on any atom is 0.219 e. The Kier molecular flexibility index (Phi) is 5.71. The zero-order valence-electron chi connectivity index (χ0n) is 9.51. The van der Waals surface area contributed by atoms with Crippen molar-refractivity contribution in [3.63, 3.8) is 0 Å². The Balaban J connectivity index is 4.02. The van der Waals surface area contributed by atoms with Gasteiger partial charge < -0.3 is 15.1 Å². The van der Waals surface area contributed by atoms with Crippen LogP contribution in [0.1, 0.15) is 20.3 Å². The van der Waals surface area contributed by atoms with Gasteiger partial charge in [0, 0.05) is 38.3 Å². The highest BCUT2D eigenvalue weighted by atomic mass is 16.6. The molecule has 0 aromatic carbocycles. The molecule has 0 aromatic heterocycles. The first-order valence-corrected chi connectivity index (χ1v) is 4.91. The summed E-state index contributed by atoms with van der Waals surface area (Å²) in [6, 6.07) is 0. The molecule has 0 aliphatic carbocycles. The standard InChI is InChI=1S/C9H20N2O4/c1-9(2,11(14)15)6-8(13)7-10(3)4-5-12/h8,12-13H,4-7H2,1-3H3. The van der Waals surface area contributed by atoms with Crippen molar-refractivity contribution in [2.24, 2.45) is 0 Å². The molecule has 2 N–H and O–H groups in total. The van der Waals surface area contributed by atoms with Crippen LogP contribution in [0.2, 0.25) is 0 Å². The van der Waals surface area contributed by atoms with Gasteiger partial charge in [-0.05, 0) is 7.05 Å². The Hall–Kier alpha value is -0.720. The lowest BCUT2D eigenvalue weighted by Crippen LogP contribution is -2.40. The number of nitrogens with zero attached hydrogens (tertiary/aromatic N) is 2. The van der Waals surface area contributed by atoms with E-state index in [4.69, 9.17) is 5.11 Å². The molecule has 0 saturated heterocycles. The Morgan fingerprint density at radius 2 is 2.07 bits per heavy atom. The fourth-order valence-electron chi connectivity index (χ4n) is 1.34. The molecule has 1 unspecified atom stereocenters. The minimum absolute atomic E-state index is 0.0157. The van der Waals surface area contributed by atoms with E-state index in [2.05, 4.69) is 0 Å². The van der Waals surface area contributed by atoms with Crippen LogP contribution >= 0.6 is 0 Å². The van der Waals surface area contributed by atoms with E-state index in [-0.39, 0.29) is 18.0 Å². The van der Waals surface area contributed by atoms with Gasteiger partial charge in [0.15, 0.2) is 0 Å². The molecule has 0 aliphatic heterocycles. The first-order valence-electron chi connectivity index (χ1n) is 4.91. The fraction of sp³-hybridized carbons (Fsp3) is 1.00. The highest BCUT2D eigenvalue weighted by Crippen LogP contribution is 2.15. The quantitative estimate of drug-likeness (QED) is 0.455. The van der Waals surface area contributed by atoms with Crippen LogP contribution in [-0.4, -0.2) is 58.4 Å². The smallest absolute Gasteiger partial charge is 0.219 e. The third-order valence-electron chi connectivity index (χ3n) is 2.23. The van der Waals surface area contributed by atoms with Crippen molar-refractivity contribution in [2.45, 2.75) is 31.9 Å². The molecule has 0 aromatic rings. The van der Waals surface area contributed by atoms with Gasteiger partial charge in [-0.3, -0.25) is 10.1 Å². The van der Waals surface area contributed by atoms with Crippen molar-refractivity contribution in [3.05, 3.63) is 10.1 Å². The molecule has 0 spiro atoms. The molecule has 0 heterocycles. The van der Waals surface area contributed by atoms with Crippen LogP contribution in [0.25, 0.3) is 0 Å². The van der Waals surface area contributed by atoms with Crippen molar-refractivity contribution < 1.29 is 15.1 Å². The maximum atomic E-state index is 10.6. The van der Waals surface area contributed by atoms with Crippen LogP contribution in [0, 0.1) is 10.1 Å². The third kappa shape index (κ3) is 5.66.